The lowest BCUT2D eigenvalue weighted by Gasteiger charge is -2.18. The second kappa shape index (κ2) is 7.83. The summed E-state index contributed by atoms with van der Waals surface area (Å²) in [6.07, 6.45) is 3.85. The number of hydrogen-bond donors (Lipinski definition) is 1. The molecule has 7 heteroatoms. The van der Waals surface area contributed by atoms with Crippen LogP contribution >= 0.6 is 11.6 Å². The Morgan fingerprint density at radius 2 is 1.88 bits per heavy atom. The van der Waals surface area contributed by atoms with Crippen molar-refractivity contribution in [1.29, 1.82) is 0 Å². The molecule has 0 fully saturated rings. The lowest BCUT2D eigenvalue weighted by Crippen LogP contribution is -2.32. The van der Waals surface area contributed by atoms with Crippen LogP contribution < -0.4 is 5.32 Å². The van der Waals surface area contributed by atoms with E-state index in [1.165, 1.54) is 12.4 Å². The first kappa shape index (κ1) is 18.3. The quantitative estimate of drug-likeness (QED) is 0.719. The SMILES string of the molecule is CC(C)Cc1nc2ccccc2n1C(C)C(=O)NCc1ncc(Cl)cn1. The number of benzene rings is 1. The van der Waals surface area contributed by atoms with E-state index in [0.29, 0.717) is 16.8 Å². The van der Waals surface area contributed by atoms with Crippen molar-refractivity contribution >= 4 is 28.5 Å². The zero-order valence-corrected chi connectivity index (χ0v) is 15.9. The number of rotatable bonds is 6. The summed E-state index contributed by atoms with van der Waals surface area (Å²) in [4.78, 5) is 25.7. The molecule has 0 saturated heterocycles. The lowest BCUT2D eigenvalue weighted by atomic mass is 10.1. The highest BCUT2D eigenvalue weighted by molar-refractivity contribution is 6.30. The smallest absolute Gasteiger partial charge is 0.243 e. The van der Waals surface area contributed by atoms with Crippen molar-refractivity contribution < 1.29 is 4.79 Å². The molecule has 2 aromatic heterocycles. The molecule has 0 spiro atoms. The average Bonchev–Trinajstić information content (AvgIpc) is 2.97. The fourth-order valence-electron chi connectivity index (χ4n) is 2.90. The lowest BCUT2D eigenvalue weighted by molar-refractivity contribution is -0.124. The zero-order valence-electron chi connectivity index (χ0n) is 15.1. The zero-order chi connectivity index (χ0) is 18.7. The molecule has 1 unspecified atom stereocenters. The number of para-hydroxylation sites is 2. The third-order valence-corrected chi connectivity index (χ3v) is 4.32. The molecule has 0 aliphatic rings. The van der Waals surface area contributed by atoms with Gasteiger partial charge in [0.05, 0.1) is 22.6 Å². The van der Waals surface area contributed by atoms with Crippen LogP contribution in [0.3, 0.4) is 0 Å². The van der Waals surface area contributed by atoms with Gasteiger partial charge < -0.3 is 9.88 Å². The number of amides is 1. The van der Waals surface area contributed by atoms with Crippen LogP contribution in [0.1, 0.15) is 38.5 Å². The van der Waals surface area contributed by atoms with Gasteiger partial charge in [-0.15, -0.1) is 0 Å². The van der Waals surface area contributed by atoms with Crippen molar-refractivity contribution in [3.63, 3.8) is 0 Å². The first-order valence-electron chi connectivity index (χ1n) is 8.65. The Morgan fingerprint density at radius 3 is 2.58 bits per heavy atom. The molecule has 1 amide bonds. The van der Waals surface area contributed by atoms with E-state index in [4.69, 9.17) is 16.6 Å². The van der Waals surface area contributed by atoms with Crippen LogP contribution in [0.5, 0.6) is 0 Å². The number of nitrogens with one attached hydrogen (secondary N) is 1. The van der Waals surface area contributed by atoms with Crippen molar-refractivity contribution in [1.82, 2.24) is 24.8 Å². The van der Waals surface area contributed by atoms with Gasteiger partial charge in [0.25, 0.3) is 0 Å². The summed E-state index contributed by atoms with van der Waals surface area (Å²) in [5, 5.41) is 3.37. The highest BCUT2D eigenvalue weighted by Crippen LogP contribution is 2.23. The summed E-state index contributed by atoms with van der Waals surface area (Å²) in [5.74, 6) is 1.79. The summed E-state index contributed by atoms with van der Waals surface area (Å²) in [7, 11) is 0. The molecule has 0 saturated carbocycles. The minimum atomic E-state index is -0.386. The summed E-state index contributed by atoms with van der Waals surface area (Å²) in [6.45, 7) is 6.43. The molecule has 0 aliphatic heterocycles. The number of carbonyl (C=O) groups excluding carboxylic acids is 1. The summed E-state index contributed by atoms with van der Waals surface area (Å²) in [5.41, 5.74) is 1.87. The molecular formula is C19H22ClN5O. The highest BCUT2D eigenvalue weighted by atomic mass is 35.5. The Hall–Kier alpha value is -2.47. The van der Waals surface area contributed by atoms with Gasteiger partial charge in [0.15, 0.2) is 0 Å². The second-order valence-corrected chi connectivity index (χ2v) is 7.13. The molecule has 3 aromatic rings. The van der Waals surface area contributed by atoms with Gasteiger partial charge in [-0.2, -0.15) is 0 Å². The Kier molecular flexibility index (Phi) is 5.52. The molecule has 136 valence electrons. The van der Waals surface area contributed by atoms with Gasteiger partial charge in [-0.05, 0) is 25.0 Å². The van der Waals surface area contributed by atoms with E-state index >= 15 is 0 Å². The molecule has 3 rings (SSSR count). The van der Waals surface area contributed by atoms with Gasteiger partial charge in [0, 0.05) is 18.8 Å². The van der Waals surface area contributed by atoms with Crippen molar-refractivity contribution in [2.45, 2.75) is 39.8 Å². The van der Waals surface area contributed by atoms with Crippen LogP contribution in [0.25, 0.3) is 11.0 Å². The van der Waals surface area contributed by atoms with Crippen LogP contribution in [0, 0.1) is 5.92 Å². The predicted molar refractivity (Wildman–Crippen MR) is 102 cm³/mol. The number of fused-ring (bicyclic) bond motifs is 1. The van der Waals surface area contributed by atoms with Crippen molar-refractivity contribution in [3.05, 3.63) is 53.3 Å². The molecular weight excluding hydrogens is 350 g/mol. The normalized spacial score (nSPS) is 12.5. The van der Waals surface area contributed by atoms with Crippen molar-refractivity contribution in [2.24, 2.45) is 5.92 Å². The van der Waals surface area contributed by atoms with Gasteiger partial charge in [0.2, 0.25) is 5.91 Å². The van der Waals surface area contributed by atoms with Crippen molar-refractivity contribution in [3.8, 4) is 0 Å². The first-order valence-corrected chi connectivity index (χ1v) is 9.03. The third kappa shape index (κ3) is 4.02. The number of hydrogen-bond acceptors (Lipinski definition) is 4. The number of nitrogens with zero attached hydrogens (tertiary/aromatic N) is 4. The summed E-state index contributed by atoms with van der Waals surface area (Å²) >= 11 is 5.78. The van der Waals surface area contributed by atoms with E-state index < -0.39 is 0 Å². The monoisotopic (exact) mass is 371 g/mol. The standard InChI is InChI=1S/C19H22ClN5O/c1-12(2)8-18-24-15-6-4-5-7-16(15)25(18)13(3)19(26)23-11-17-21-9-14(20)10-22-17/h4-7,9-10,12-13H,8,11H2,1-3H3,(H,23,26). The fourth-order valence-corrected chi connectivity index (χ4v) is 2.99. The molecule has 6 nitrogen and oxygen atoms in total. The van der Waals surface area contributed by atoms with Gasteiger partial charge in [-0.3, -0.25) is 4.79 Å². The van der Waals surface area contributed by atoms with E-state index in [0.717, 1.165) is 23.3 Å². The van der Waals surface area contributed by atoms with Crippen LogP contribution in [0.2, 0.25) is 5.02 Å². The first-order chi connectivity index (χ1) is 12.5. The second-order valence-electron chi connectivity index (χ2n) is 6.70. The van der Waals surface area contributed by atoms with Crippen LogP contribution in [0.4, 0.5) is 0 Å². The largest absolute Gasteiger partial charge is 0.347 e. The molecule has 1 aromatic carbocycles. The number of carbonyl (C=O) groups is 1. The minimum Gasteiger partial charge on any atom is -0.347 e. The number of aromatic nitrogens is 4. The molecule has 0 radical (unpaired) electrons. The Morgan fingerprint density at radius 1 is 1.19 bits per heavy atom. The fraction of sp³-hybridized carbons (Fsp3) is 0.368. The van der Waals surface area contributed by atoms with E-state index in [1.807, 2.05) is 35.8 Å². The van der Waals surface area contributed by atoms with Crippen molar-refractivity contribution in [2.75, 3.05) is 0 Å². The molecule has 1 atom stereocenters. The maximum Gasteiger partial charge on any atom is 0.243 e. The minimum absolute atomic E-state index is 0.100. The average molecular weight is 372 g/mol. The summed E-state index contributed by atoms with van der Waals surface area (Å²) in [6, 6.07) is 7.51. The Balaban J connectivity index is 1.82. The molecule has 0 bridgehead atoms. The molecule has 2 heterocycles. The highest BCUT2D eigenvalue weighted by Gasteiger charge is 2.21. The molecule has 1 N–H and O–H groups in total. The van der Waals surface area contributed by atoms with Crippen LogP contribution in [0.15, 0.2) is 36.7 Å². The topological polar surface area (TPSA) is 72.7 Å². The van der Waals surface area contributed by atoms with Crippen LogP contribution in [-0.2, 0) is 17.8 Å². The van der Waals surface area contributed by atoms with Crippen LogP contribution in [-0.4, -0.2) is 25.4 Å². The maximum absolute atomic E-state index is 12.7. The predicted octanol–water partition coefficient (Wildman–Crippen LogP) is 3.56. The molecule has 26 heavy (non-hydrogen) atoms. The van der Waals surface area contributed by atoms with Gasteiger partial charge in [-0.1, -0.05) is 37.6 Å². The van der Waals surface area contributed by atoms with E-state index in [9.17, 15) is 4.79 Å². The van der Waals surface area contributed by atoms with E-state index in [-0.39, 0.29) is 18.5 Å². The maximum atomic E-state index is 12.7. The van der Waals surface area contributed by atoms with E-state index in [2.05, 4.69) is 29.1 Å². The van der Waals surface area contributed by atoms with Gasteiger partial charge >= 0.3 is 0 Å². The van der Waals surface area contributed by atoms with Gasteiger partial charge in [-0.25, -0.2) is 15.0 Å². The molecule has 0 aliphatic carbocycles. The Labute approximate surface area is 157 Å². The number of halogens is 1. The number of imidazole rings is 1. The summed E-state index contributed by atoms with van der Waals surface area (Å²) < 4.78 is 2.02. The Bertz CT molecular complexity index is 904. The van der Waals surface area contributed by atoms with Gasteiger partial charge in [0.1, 0.15) is 17.7 Å². The van der Waals surface area contributed by atoms with E-state index in [1.54, 1.807) is 0 Å². The third-order valence-electron chi connectivity index (χ3n) is 4.12.